The zero-order valence-electron chi connectivity index (χ0n) is 9.29. The van der Waals surface area contributed by atoms with Crippen molar-refractivity contribution in [3.63, 3.8) is 0 Å². The number of carbonyl (C=O) groups excluding carboxylic acids is 1. The lowest BCUT2D eigenvalue weighted by Crippen LogP contribution is -1.93. The van der Waals surface area contributed by atoms with E-state index in [0.717, 1.165) is 11.1 Å². The molecule has 2 aromatic carbocycles. The van der Waals surface area contributed by atoms with Gasteiger partial charge >= 0.3 is 0 Å². The van der Waals surface area contributed by atoms with Crippen LogP contribution in [0.4, 0.5) is 4.39 Å². The smallest absolute Gasteiger partial charge is 0.153 e. The molecule has 0 bridgehead atoms. The van der Waals surface area contributed by atoms with Gasteiger partial charge in [0.1, 0.15) is 5.82 Å². The van der Waals surface area contributed by atoms with Gasteiger partial charge in [0.15, 0.2) is 6.29 Å². The van der Waals surface area contributed by atoms with Gasteiger partial charge in [0, 0.05) is 0 Å². The van der Waals surface area contributed by atoms with E-state index in [-0.39, 0.29) is 5.56 Å². The number of hydrogen-bond donors (Lipinski definition) is 0. The lowest BCUT2D eigenvalue weighted by atomic mass is 10.0. The summed E-state index contributed by atoms with van der Waals surface area (Å²) < 4.78 is 13.2. The Morgan fingerprint density at radius 1 is 1.00 bits per heavy atom. The van der Waals surface area contributed by atoms with Crippen LogP contribution in [0.3, 0.4) is 0 Å². The van der Waals surface area contributed by atoms with Gasteiger partial charge in [-0.25, -0.2) is 4.39 Å². The molecule has 0 atom stereocenters. The molecular formula is C14H9Cl2FO. The van der Waals surface area contributed by atoms with E-state index < -0.39 is 5.82 Å². The van der Waals surface area contributed by atoms with Gasteiger partial charge in [0.05, 0.1) is 15.6 Å². The van der Waals surface area contributed by atoms with Crippen LogP contribution in [0, 0.1) is 5.82 Å². The molecule has 1 nitrogen and oxygen atoms in total. The SMILES string of the molecule is O=Cc1cc(Cc2ccc(Cl)c(Cl)c2)ccc1F. The Hall–Kier alpha value is -1.38. The number of carbonyl (C=O) groups is 1. The summed E-state index contributed by atoms with van der Waals surface area (Å²) in [4.78, 5) is 10.7. The predicted molar refractivity (Wildman–Crippen MR) is 71.1 cm³/mol. The first-order valence-electron chi connectivity index (χ1n) is 5.27. The summed E-state index contributed by atoms with van der Waals surface area (Å²) in [5, 5.41) is 0.972. The zero-order valence-corrected chi connectivity index (χ0v) is 10.8. The van der Waals surface area contributed by atoms with Crippen LogP contribution in [-0.4, -0.2) is 6.29 Å². The molecule has 0 fully saturated rings. The molecule has 0 aliphatic carbocycles. The van der Waals surface area contributed by atoms with Gasteiger partial charge in [-0.3, -0.25) is 4.79 Å². The van der Waals surface area contributed by atoms with Crippen molar-refractivity contribution in [2.24, 2.45) is 0 Å². The molecule has 0 saturated heterocycles. The normalized spacial score (nSPS) is 10.4. The third kappa shape index (κ3) is 2.89. The van der Waals surface area contributed by atoms with Crippen LogP contribution in [-0.2, 0) is 6.42 Å². The summed E-state index contributed by atoms with van der Waals surface area (Å²) in [7, 11) is 0. The van der Waals surface area contributed by atoms with E-state index in [1.165, 1.54) is 12.1 Å². The van der Waals surface area contributed by atoms with Crippen LogP contribution in [0.1, 0.15) is 21.5 Å². The molecule has 0 heterocycles. The predicted octanol–water partition coefficient (Wildman–Crippen LogP) is 4.54. The second-order valence-corrected chi connectivity index (χ2v) is 4.71. The van der Waals surface area contributed by atoms with Gasteiger partial charge in [0.25, 0.3) is 0 Å². The minimum Gasteiger partial charge on any atom is -0.298 e. The molecule has 0 aromatic heterocycles. The number of rotatable bonds is 3. The highest BCUT2D eigenvalue weighted by Gasteiger charge is 2.05. The third-order valence-electron chi connectivity index (χ3n) is 2.58. The summed E-state index contributed by atoms with van der Waals surface area (Å²) in [6, 6.07) is 9.78. The summed E-state index contributed by atoms with van der Waals surface area (Å²) in [6.45, 7) is 0. The Labute approximate surface area is 114 Å². The largest absolute Gasteiger partial charge is 0.298 e. The van der Waals surface area contributed by atoms with Crippen molar-refractivity contribution in [3.05, 3.63) is 69.0 Å². The van der Waals surface area contributed by atoms with Crippen LogP contribution in [0.5, 0.6) is 0 Å². The quantitative estimate of drug-likeness (QED) is 0.756. The van der Waals surface area contributed by atoms with E-state index in [0.29, 0.717) is 22.8 Å². The molecule has 4 heteroatoms. The van der Waals surface area contributed by atoms with Crippen LogP contribution in [0.15, 0.2) is 36.4 Å². The van der Waals surface area contributed by atoms with Crippen LogP contribution < -0.4 is 0 Å². The molecule has 0 aliphatic rings. The van der Waals surface area contributed by atoms with Crippen molar-refractivity contribution >= 4 is 29.5 Å². The maximum atomic E-state index is 13.2. The van der Waals surface area contributed by atoms with E-state index in [4.69, 9.17) is 23.2 Å². The van der Waals surface area contributed by atoms with Crippen molar-refractivity contribution < 1.29 is 9.18 Å². The Morgan fingerprint density at radius 2 is 1.67 bits per heavy atom. The van der Waals surface area contributed by atoms with E-state index in [1.54, 1.807) is 18.2 Å². The van der Waals surface area contributed by atoms with E-state index in [9.17, 15) is 9.18 Å². The fourth-order valence-electron chi connectivity index (χ4n) is 1.68. The fraction of sp³-hybridized carbons (Fsp3) is 0.0714. The Balaban J connectivity index is 2.28. The molecule has 2 aromatic rings. The first kappa shape index (κ1) is 13.1. The van der Waals surface area contributed by atoms with Crippen LogP contribution >= 0.6 is 23.2 Å². The Morgan fingerprint density at radius 3 is 2.33 bits per heavy atom. The molecule has 0 saturated carbocycles. The monoisotopic (exact) mass is 282 g/mol. The number of halogens is 3. The first-order chi connectivity index (χ1) is 8.60. The minimum atomic E-state index is -0.511. The van der Waals surface area contributed by atoms with Crippen molar-refractivity contribution in [2.75, 3.05) is 0 Å². The molecule has 2 rings (SSSR count). The molecule has 0 unspecified atom stereocenters. The average molecular weight is 283 g/mol. The van der Waals surface area contributed by atoms with Gasteiger partial charge in [-0.05, 0) is 41.8 Å². The van der Waals surface area contributed by atoms with Gasteiger partial charge < -0.3 is 0 Å². The van der Waals surface area contributed by atoms with Crippen LogP contribution in [0.2, 0.25) is 10.0 Å². The van der Waals surface area contributed by atoms with Crippen molar-refractivity contribution in [1.29, 1.82) is 0 Å². The second kappa shape index (κ2) is 5.51. The number of aldehydes is 1. The van der Waals surface area contributed by atoms with Gasteiger partial charge in [-0.2, -0.15) is 0 Å². The molecule has 92 valence electrons. The highest BCUT2D eigenvalue weighted by molar-refractivity contribution is 6.42. The van der Waals surface area contributed by atoms with Gasteiger partial charge in [-0.15, -0.1) is 0 Å². The first-order valence-corrected chi connectivity index (χ1v) is 6.03. The second-order valence-electron chi connectivity index (χ2n) is 3.90. The van der Waals surface area contributed by atoms with Gasteiger partial charge in [0.2, 0.25) is 0 Å². The lowest BCUT2D eigenvalue weighted by molar-refractivity contribution is 0.111. The Bertz CT molecular complexity index is 596. The standard InChI is InChI=1S/C14H9Cl2FO/c15-12-3-1-10(7-13(12)16)5-9-2-4-14(17)11(6-9)8-18/h1-4,6-8H,5H2. The third-order valence-corrected chi connectivity index (χ3v) is 3.32. The van der Waals surface area contributed by atoms with E-state index >= 15 is 0 Å². The zero-order chi connectivity index (χ0) is 13.1. The average Bonchev–Trinajstić information content (AvgIpc) is 2.36. The van der Waals surface area contributed by atoms with Crippen molar-refractivity contribution in [2.45, 2.75) is 6.42 Å². The molecule has 0 N–H and O–H groups in total. The molecular weight excluding hydrogens is 274 g/mol. The van der Waals surface area contributed by atoms with E-state index in [1.807, 2.05) is 6.07 Å². The molecule has 0 amide bonds. The topological polar surface area (TPSA) is 17.1 Å². The summed E-state index contributed by atoms with van der Waals surface area (Å²) in [5.74, 6) is -0.511. The fourth-order valence-corrected chi connectivity index (χ4v) is 2.00. The maximum Gasteiger partial charge on any atom is 0.153 e. The summed E-state index contributed by atoms with van der Waals surface area (Å²) >= 11 is 11.7. The van der Waals surface area contributed by atoms with Crippen molar-refractivity contribution in [1.82, 2.24) is 0 Å². The summed E-state index contributed by atoms with van der Waals surface area (Å²) in [5.41, 5.74) is 1.86. The molecule has 18 heavy (non-hydrogen) atoms. The molecule has 0 spiro atoms. The highest BCUT2D eigenvalue weighted by atomic mass is 35.5. The highest BCUT2D eigenvalue weighted by Crippen LogP contribution is 2.24. The lowest BCUT2D eigenvalue weighted by Gasteiger charge is -2.05. The maximum absolute atomic E-state index is 13.2. The van der Waals surface area contributed by atoms with Gasteiger partial charge in [-0.1, -0.05) is 35.3 Å². The minimum absolute atomic E-state index is 0.0626. The van der Waals surface area contributed by atoms with Crippen molar-refractivity contribution in [3.8, 4) is 0 Å². The van der Waals surface area contributed by atoms with Crippen LogP contribution in [0.25, 0.3) is 0 Å². The molecule has 0 aliphatic heterocycles. The van der Waals surface area contributed by atoms with E-state index in [2.05, 4.69) is 0 Å². The molecule has 0 radical (unpaired) electrons. The number of benzene rings is 2. The number of hydrogen-bond acceptors (Lipinski definition) is 1. The summed E-state index contributed by atoms with van der Waals surface area (Å²) in [6.07, 6.45) is 1.08. The Kier molecular flexibility index (Phi) is 4.00.